The van der Waals surface area contributed by atoms with E-state index in [0.29, 0.717) is 18.0 Å². The molecule has 1 aliphatic heterocycles. The van der Waals surface area contributed by atoms with Crippen LogP contribution >= 0.6 is 0 Å². The quantitative estimate of drug-likeness (QED) is 0.561. The minimum atomic E-state index is 0.548. The van der Waals surface area contributed by atoms with Crippen LogP contribution < -0.4 is 0 Å². The highest BCUT2D eigenvalue weighted by Gasteiger charge is 2.30. The summed E-state index contributed by atoms with van der Waals surface area (Å²) in [6.07, 6.45) is 6.51. The second kappa shape index (κ2) is 5.38. The van der Waals surface area contributed by atoms with Crippen LogP contribution in [0.4, 0.5) is 0 Å². The topological polar surface area (TPSA) is 30.3 Å². The van der Waals surface area contributed by atoms with Gasteiger partial charge in [0.15, 0.2) is 0 Å². The van der Waals surface area contributed by atoms with E-state index in [9.17, 15) is 0 Å². The molecule has 0 spiro atoms. The Bertz CT molecular complexity index is 259. The highest BCUT2D eigenvalue weighted by atomic mass is 15.3. The van der Waals surface area contributed by atoms with Crippen LogP contribution in [0.25, 0.3) is 0 Å². The number of amidine groups is 1. The Morgan fingerprint density at radius 3 is 2.06 bits per heavy atom. The van der Waals surface area contributed by atoms with Gasteiger partial charge in [0.25, 0.3) is 0 Å². The average Bonchev–Trinajstić information content (AvgIpc) is 2.35. The van der Waals surface area contributed by atoms with Gasteiger partial charge in [-0.1, -0.05) is 19.3 Å². The molecule has 1 heterocycles. The summed E-state index contributed by atoms with van der Waals surface area (Å²) in [5.74, 6) is 1.48. The van der Waals surface area contributed by atoms with Crippen molar-refractivity contribution >= 4 is 5.84 Å². The van der Waals surface area contributed by atoms with Gasteiger partial charge in [0.1, 0.15) is 0 Å². The van der Waals surface area contributed by atoms with Crippen LogP contribution in [-0.4, -0.2) is 47.9 Å². The average molecular weight is 237 g/mol. The molecule has 17 heavy (non-hydrogen) atoms. The third-order valence-corrected chi connectivity index (χ3v) is 4.69. The van der Waals surface area contributed by atoms with E-state index in [1.807, 2.05) is 0 Å². The van der Waals surface area contributed by atoms with E-state index in [-0.39, 0.29) is 0 Å². The second-order valence-electron chi connectivity index (χ2n) is 5.99. The molecular weight excluding hydrogens is 210 g/mol. The number of hydrogen-bond donors (Lipinski definition) is 1. The summed E-state index contributed by atoms with van der Waals surface area (Å²) in [5.41, 5.74) is 0. The zero-order chi connectivity index (χ0) is 12.4. The van der Waals surface area contributed by atoms with E-state index in [2.05, 4.69) is 30.7 Å². The maximum atomic E-state index is 8.43. The van der Waals surface area contributed by atoms with Crippen LogP contribution in [0.1, 0.15) is 46.0 Å². The van der Waals surface area contributed by atoms with E-state index in [4.69, 9.17) is 5.41 Å². The summed E-state index contributed by atoms with van der Waals surface area (Å²) in [6, 6.07) is 1.14. The third-order valence-electron chi connectivity index (χ3n) is 4.69. The van der Waals surface area contributed by atoms with Crippen molar-refractivity contribution in [1.82, 2.24) is 9.80 Å². The first kappa shape index (κ1) is 12.9. The Labute approximate surface area is 106 Å². The smallest absolute Gasteiger partial charge is 0.0990 e. The predicted molar refractivity (Wildman–Crippen MR) is 72.6 cm³/mol. The molecule has 3 nitrogen and oxygen atoms in total. The van der Waals surface area contributed by atoms with E-state index in [0.717, 1.165) is 18.9 Å². The van der Waals surface area contributed by atoms with Gasteiger partial charge in [-0.25, -0.2) is 0 Å². The summed E-state index contributed by atoms with van der Waals surface area (Å²) >= 11 is 0. The monoisotopic (exact) mass is 237 g/mol. The lowest BCUT2D eigenvalue weighted by Gasteiger charge is -2.45. The predicted octanol–water partition coefficient (Wildman–Crippen LogP) is 2.57. The van der Waals surface area contributed by atoms with Crippen molar-refractivity contribution in [1.29, 1.82) is 5.41 Å². The first-order valence-corrected chi connectivity index (χ1v) is 7.15. The fraction of sp³-hybridized carbons (Fsp3) is 0.929. The molecule has 3 heteroatoms. The summed E-state index contributed by atoms with van der Waals surface area (Å²) in [4.78, 5) is 4.77. The molecular formula is C14H27N3. The first-order valence-electron chi connectivity index (χ1n) is 7.15. The van der Waals surface area contributed by atoms with Gasteiger partial charge >= 0.3 is 0 Å². The summed E-state index contributed by atoms with van der Waals surface area (Å²) in [7, 11) is 2.21. The van der Waals surface area contributed by atoms with Crippen LogP contribution in [0.15, 0.2) is 0 Å². The van der Waals surface area contributed by atoms with E-state index in [1.165, 1.54) is 32.1 Å². The molecule has 1 saturated heterocycles. The Hall–Kier alpha value is -0.570. The van der Waals surface area contributed by atoms with Crippen molar-refractivity contribution in [3.05, 3.63) is 0 Å². The number of rotatable bonds is 1. The third kappa shape index (κ3) is 2.82. The second-order valence-corrected chi connectivity index (χ2v) is 5.99. The van der Waals surface area contributed by atoms with Gasteiger partial charge in [-0.05, 0) is 33.7 Å². The Morgan fingerprint density at radius 2 is 1.53 bits per heavy atom. The molecule has 2 unspecified atom stereocenters. The Kier molecular flexibility index (Phi) is 4.08. The molecule has 1 aliphatic carbocycles. The summed E-state index contributed by atoms with van der Waals surface area (Å²) < 4.78 is 0. The molecule has 2 rings (SSSR count). The van der Waals surface area contributed by atoms with Gasteiger partial charge in [-0.2, -0.15) is 0 Å². The van der Waals surface area contributed by atoms with Crippen molar-refractivity contribution in [3.8, 4) is 0 Å². The Morgan fingerprint density at radius 1 is 1.00 bits per heavy atom. The van der Waals surface area contributed by atoms with Gasteiger partial charge < -0.3 is 4.90 Å². The van der Waals surface area contributed by atoms with Crippen LogP contribution in [0.3, 0.4) is 0 Å². The normalized spacial score (nSPS) is 32.8. The lowest BCUT2D eigenvalue weighted by atomic mass is 9.87. The number of nitrogens with zero attached hydrogens (tertiary/aromatic N) is 2. The van der Waals surface area contributed by atoms with Crippen LogP contribution in [0.5, 0.6) is 0 Å². The molecule has 98 valence electrons. The van der Waals surface area contributed by atoms with Crippen molar-refractivity contribution in [2.45, 2.75) is 58.0 Å². The molecule has 0 aromatic rings. The molecule has 2 aliphatic rings. The van der Waals surface area contributed by atoms with Gasteiger partial charge in [0.05, 0.1) is 5.84 Å². The van der Waals surface area contributed by atoms with Crippen LogP contribution in [0, 0.1) is 11.3 Å². The van der Waals surface area contributed by atoms with Gasteiger partial charge in [-0.3, -0.25) is 10.3 Å². The zero-order valence-electron chi connectivity index (χ0n) is 11.6. The fourth-order valence-electron chi connectivity index (χ4n) is 3.24. The van der Waals surface area contributed by atoms with Gasteiger partial charge in [0, 0.05) is 31.1 Å². The molecule has 0 bridgehead atoms. The fourth-order valence-corrected chi connectivity index (χ4v) is 3.24. The van der Waals surface area contributed by atoms with Gasteiger partial charge in [0.2, 0.25) is 0 Å². The van der Waals surface area contributed by atoms with E-state index in [1.54, 1.807) is 0 Å². The molecule has 0 amide bonds. The van der Waals surface area contributed by atoms with Crippen LogP contribution in [0.2, 0.25) is 0 Å². The maximum absolute atomic E-state index is 8.43. The molecule has 1 N–H and O–H groups in total. The van der Waals surface area contributed by atoms with Crippen LogP contribution in [-0.2, 0) is 0 Å². The first-order chi connectivity index (χ1) is 8.09. The van der Waals surface area contributed by atoms with Crippen molar-refractivity contribution in [2.75, 3.05) is 20.1 Å². The number of hydrogen-bond acceptors (Lipinski definition) is 2. The Balaban J connectivity index is 1.95. The highest BCUT2D eigenvalue weighted by Crippen LogP contribution is 2.27. The molecule has 0 aromatic heterocycles. The molecule has 2 atom stereocenters. The largest absolute Gasteiger partial charge is 0.357 e. The number of nitrogens with one attached hydrogen (secondary N) is 1. The summed E-state index contributed by atoms with van der Waals surface area (Å²) in [5, 5.41) is 8.43. The molecule has 2 fully saturated rings. The highest BCUT2D eigenvalue weighted by molar-refractivity contribution is 5.82. The standard InChI is InChI=1S/C14H27N3/c1-11-9-17(10-12(2)16(11)3)14(15)13-7-5-4-6-8-13/h11-13,15H,4-10H2,1-3H3. The van der Waals surface area contributed by atoms with E-state index < -0.39 is 0 Å². The zero-order valence-corrected chi connectivity index (χ0v) is 11.6. The minimum Gasteiger partial charge on any atom is -0.357 e. The van der Waals surface area contributed by atoms with Gasteiger partial charge in [-0.15, -0.1) is 0 Å². The lowest BCUT2D eigenvalue weighted by molar-refractivity contribution is 0.0943. The van der Waals surface area contributed by atoms with Crippen molar-refractivity contribution in [2.24, 2.45) is 5.92 Å². The minimum absolute atomic E-state index is 0.548. The summed E-state index contributed by atoms with van der Waals surface area (Å²) in [6.45, 7) is 6.62. The SMILES string of the molecule is CC1CN(C(=N)C2CCCCC2)CC(C)N1C. The maximum Gasteiger partial charge on any atom is 0.0990 e. The van der Waals surface area contributed by atoms with E-state index >= 15 is 0 Å². The van der Waals surface area contributed by atoms with Crippen molar-refractivity contribution in [3.63, 3.8) is 0 Å². The lowest BCUT2D eigenvalue weighted by Crippen LogP contribution is -2.57. The number of piperazine rings is 1. The number of likely N-dealkylation sites (N-methyl/N-ethyl adjacent to an activating group) is 1. The molecule has 0 radical (unpaired) electrons. The van der Waals surface area contributed by atoms with Crippen molar-refractivity contribution < 1.29 is 0 Å². The molecule has 1 saturated carbocycles. The molecule has 0 aromatic carbocycles.